The van der Waals surface area contributed by atoms with E-state index in [1.165, 1.54) is 19.2 Å². The van der Waals surface area contributed by atoms with E-state index in [1.54, 1.807) is 36.4 Å². The van der Waals surface area contributed by atoms with Gasteiger partial charge in [0, 0.05) is 16.0 Å². The number of carbonyl (C=O) groups excluding carboxylic acids is 1. The Balaban J connectivity index is 1.88. The molecule has 3 aromatic carbocycles. The molecule has 0 spiro atoms. The number of hydrogen-bond donors (Lipinski definition) is 1. The molecule has 1 amide bonds. The van der Waals surface area contributed by atoms with E-state index >= 15 is 0 Å². The Morgan fingerprint density at radius 2 is 1.77 bits per heavy atom. The number of aromatic nitrogens is 1. The minimum absolute atomic E-state index is 0.318. The zero-order valence-electron chi connectivity index (χ0n) is 17.3. The van der Waals surface area contributed by atoms with Crippen LogP contribution in [0.2, 0.25) is 5.02 Å². The van der Waals surface area contributed by atoms with Gasteiger partial charge in [0.1, 0.15) is 11.6 Å². The van der Waals surface area contributed by atoms with Gasteiger partial charge in [0.25, 0.3) is 5.91 Å². The van der Waals surface area contributed by atoms with Crippen molar-refractivity contribution in [3.63, 3.8) is 0 Å². The van der Waals surface area contributed by atoms with E-state index < -0.39 is 0 Å². The number of rotatable bonds is 4. The van der Waals surface area contributed by atoms with Crippen LogP contribution in [-0.4, -0.2) is 18.0 Å². The van der Waals surface area contributed by atoms with Crippen LogP contribution in [0.4, 0.5) is 10.1 Å². The second-order valence-electron chi connectivity index (χ2n) is 7.34. The van der Waals surface area contributed by atoms with Gasteiger partial charge >= 0.3 is 0 Å². The van der Waals surface area contributed by atoms with E-state index in [0.29, 0.717) is 27.7 Å². The molecule has 156 valence electrons. The second kappa shape index (κ2) is 8.36. The van der Waals surface area contributed by atoms with Crippen molar-refractivity contribution in [1.82, 2.24) is 4.98 Å². The average molecular weight is 435 g/mol. The van der Waals surface area contributed by atoms with Crippen molar-refractivity contribution < 1.29 is 13.9 Å². The molecule has 0 aliphatic heterocycles. The van der Waals surface area contributed by atoms with Crippen LogP contribution >= 0.6 is 11.6 Å². The van der Waals surface area contributed by atoms with Gasteiger partial charge in [0.05, 0.1) is 29.6 Å². The van der Waals surface area contributed by atoms with Gasteiger partial charge in [-0.25, -0.2) is 9.37 Å². The van der Waals surface area contributed by atoms with Crippen LogP contribution in [0.25, 0.3) is 22.2 Å². The molecule has 0 bridgehead atoms. The van der Waals surface area contributed by atoms with Gasteiger partial charge in [-0.15, -0.1) is 0 Å². The standard InChI is InChI=1S/C25H20ClFN2O2/c1-14-10-15(2)24-19(11-14)20(13-21(28-24)16-4-7-18(27)8-5-16)25(30)29-22-12-17(26)6-9-23(22)31-3/h4-13H,1-3H3,(H,29,30). The molecule has 1 aromatic heterocycles. The number of anilines is 1. The number of halogens is 2. The van der Waals surface area contributed by atoms with Crippen molar-refractivity contribution in [2.75, 3.05) is 12.4 Å². The first-order valence-corrected chi connectivity index (χ1v) is 10.1. The maximum absolute atomic E-state index is 13.4. The third kappa shape index (κ3) is 4.23. The number of ether oxygens (including phenoxy) is 1. The highest BCUT2D eigenvalue weighted by Crippen LogP contribution is 2.31. The van der Waals surface area contributed by atoms with Gasteiger partial charge < -0.3 is 10.1 Å². The smallest absolute Gasteiger partial charge is 0.256 e. The van der Waals surface area contributed by atoms with E-state index in [-0.39, 0.29) is 11.7 Å². The molecule has 0 aliphatic carbocycles. The first-order chi connectivity index (χ1) is 14.9. The predicted octanol–water partition coefficient (Wildman–Crippen LogP) is 6.57. The number of aryl methyl sites for hydroxylation is 2. The van der Waals surface area contributed by atoms with Crippen molar-refractivity contribution >= 4 is 34.1 Å². The number of fused-ring (bicyclic) bond motifs is 1. The van der Waals surface area contributed by atoms with E-state index in [0.717, 1.165) is 27.6 Å². The summed E-state index contributed by atoms with van der Waals surface area (Å²) in [4.78, 5) is 18.1. The highest BCUT2D eigenvalue weighted by molar-refractivity contribution is 6.31. The largest absolute Gasteiger partial charge is 0.495 e. The van der Waals surface area contributed by atoms with Crippen LogP contribution in [0.5, 0.6) is 5.75 Å². The molecule has 0 fully saturated rings. The fourth-order valence-electron chi connectivity index (χ4n) is 3.60. The highest BCUT2D eigenvalue weighted by Gasteiger charge is 2.17. The van der Waals surface area contributed by atoms with Crippen molar-refractivity contribution in [1.29, 1.82) is 0 Å². The van der Waals surface area contributed by atoms with Crippen LogP contribution in [0, 0.1) is 19.7 Å². The van der Waals surface area contributed by atoms with E-state index in [2.05, 4.69) is 5.32 Å². The lowest BCUT2D eigenvalue weighted by molar-refractivity contribution is 0.102. The molecular weight excluding hydrogens is 415 g/mol. The number of hydrogen-bond acceptors (Lipinski definition) is 3. The molecule has 4 aromatic rings. The summed E-state index contributed by atoms with van der Waals surface area (Å²) in [6.45, 7) is 3.93. The lowest BCUT2D eigenvalue weighted by Crippen LogP contribution is -2.14. The molecule has 0 aliphatic rings. The Hall–Kier alpha value is -3.44. The Labute approximate surface area is 184 Å². The monoisotopic (exact) mass is 434 g/mol. The minimum Gasteiger partial charge on any atom is -0.495 e. The summed E-state index contributed by atoms with van der Waals surface area (Å²) in [7, 11) is 1.53. The molecule has 1 heterocycles. The molecule has 0 saturated heterocycles. The number of methoxy groups -OCH3 is 1. The molecule has 4 nitrogen and oxygen atoms in total. The molecule has 0 radical (unpaired) electrons. The third-order valence-electron chi connectivity index (χ3n) is 5.04. The number of benzene rings is 3. The summed E-state index contributed by atoms with van der Waals surface area (Å²) in [6.07, 6.45) is 0. The van der Waals surface area contributed by atoms with Crippen molar-refractivity contribution in [3.05, 3.63) is 88.2 Å². The molecule has 0 unspecified atom stereocenters. The Bertz CT molecular complexity index is 1300. The van der Waals surface area contributed by atoms with Crippen LogP contribution < -0.4 is 10.1 Å². The zero-order valence-corrected chi connectivity index (χ0v) is 18.0. The van der Waals surface area contributed by atoms with Gasteiger partial charge in [0.15, 0.2) is 0 Å². The lowest BCUT2D eigenvalue weighted by atomic mass is 9.99. The lowest BCUT2D eigenvalue weighted by Gasteiger charge is -2.14. The second-order valence-corrected chi connectivity index (χ2v) is 7.78. The third-order valence-corrected chi connectivity index (χ3v) is 5.28. The summed E-state index contributed by atoms with van der Waals surface area (Å²) in [5.41, 5.74) is 4.93. The van der Waals surface area contributed by atoms with Crippen LogP contribution in [0.15, 0.2) is 60.7 Å². The molecule has 0 saturated carbocycles. The minimum atomic E-state index is -0.331. The first-order valence-electron chi connectivity index (χ1n) is 9.68. The van der Waals surface area contributed by atoms with E-state index in [4.69, 9.17) is 21.3 Å². The van der Waals surface area contributed by atoms with Gasteiger partial charge in [0.2, 0.25) is 0 Å². The van der Waals surface area contributed by atoms with Gasteiger partial charge in [-0.2, -0.15) is 0 Å². The molecule has 0 atom stereocenters. The normalized spacial score (nSPS) is 10.9. The number of nitrogens with one attached hydrogen (secondary N) is 1. The zero-order chi connectivity index (χ0) is 22.1. The SMILES string of the molecule is COc1ccc(Cl)cc1NC(=O)c1cc(-c2ccc(F)cc2)nc2c(C)cc(C)cc12. The number of carbonyl (C=O) groups is 1. The summed E-state index contributed by atoms with van der Waals surface area (Å²) in [6, 6.07) is 16.8. The number of nitrogens with zero attached hydrogens (tertiary/aromatic N) is 1. The number of pyridine rings is 1. The molecule has 1 N–H and O–H groups in total. The summed E-state index contributed by atoms with van der Waals surface area (Å²) in [5.74, 6) is -0.147. The summed E-state index contributed by atoms with van der Waals surface area (Å²) < 4.78 is 18.8. The van der Waals surface area contributed by atoms with E-state index in [9.17, 15) is 9.18 Å². The van der Waals surface area contributed by atoms with Crippen molar-refractivity contribution in [3.8, 4) is 17.0 Å². The topological polar surface area (TPSA) is 51.2 Å². The van der Waals surface area contributed by atoms with Crippen molar-refractivity contribution in [2.45, 2.75) is 13.8 Å². The summed E-state index contributed by atoms with van der Waals surface area (Å²) in [5, 5.41) is 4.12. The Morgan fingerprint density at radius 3 is 2.48 bits per heavy atom. The maximum atomic E-state index is 13.4. The molecule has 31 heavy (non-hydrogen) atoms. The predicted molar refractivity (Wildman–Crippen MR) is 123 cm³/mol. The Morgan fingerprint density at radius 1 is 1.03 bits per heavy atom. The van der Waals surface area contributed by atoms with Crippen LogP contribution in [0.1, 0.15) is 21.5 Å². The summed E-state index contributed by atoms with van der Waals surface area (Å²) >= 11 is 6.11. The quantitative estimate of drug-likeness (QED) is 0.395. The van der Waals surface area contributed by atoms with Crippen LogP contribution in [0.3, 0.4) is 0 Å². The average Bonchev–Trinajstić information content (AvgIpc) is 2.74. The fourth-order valence-corrected chi connectivity index (χ4v) is 3.78. The number of amides is 1. The Kier molecular flexibility index (Phi) is 5.61. The highest BCUT2D eigenvalue weighted by atomic mass is 35.5. The first kappa shape index (κ1) is 20.8. The van der Waals surface area contributed by atoms with Gasteiger partial charge in [-0.1, -0.05) is 23.2 Å². The van der Waals surface area contributed by atoms with E-state index in [1.807, 2.05) is 26.0 Å². The molecular formula is C25H20ClFN2O2. The fraction of sp³-hybridized carbons (Fsp3) is 0.120. The maximum Gasteiger partial charge on any atom is 0.256 e. The van der Waals surface area contributed by atoms with Gasteiger partial charge in [-0.05, 0) is 74.0 Å². The molecule has 4 rings (SSSR count). The van der Waals surface area contributed by atoms with Crippen LogP contribution in [-0.2, 0) is 0 Å². The van der Waals surface area contributed by atoms with Crippen molar-refractivity contribution in [2.24, 2.45) is 0 Å². The van der Waals surface area contributed by atoms with Gasteiger partial charge in [-0.3, -0.25) is 4.79 Å². The molecule has 6 heteroatoms.